The van der Waals surface area contributed by atoms with Crippen molar-refractivity contribution >= 4 is 46.7 Å². The lowest BCUT2D eigenvalue weighted by molar-refractivity contribution is 0.371. The van der Waals surface area contributed by atoms with Crippen LogP contribution >= 0.6 is 24.0 Å². The van der Waals surface area contributed by atoms with Crippen molar-refractivity contribution in [2.24, 2.45) is 4.99 Å². The van der Waals surface area contributed by atoms with Gasteiger partial charge in [-0.15, -0.1) is 24.0 Å². The zero-order chi connectivity index (χ0) is 20.8. The Bertz CT molecular complexity index is 996. The maximum Gasteiger partial charge on any atom is 0.193 e. The molecule has 3 aromatic rings. The molecule has 1 fully saturated rings. The number of fused-ring (bicyclic) bond motifs is 1. The third-order valence-electron chi connectivity index (χ3n) is 5.60. The Hall–Kier alpha value is -2.49. The van der Waals surface area contributed by atoms with E-state index in [1.165, 1.54) is 11.2 Å². The Morgan fingerprint density at radius 1 is 1.10 bits per heavy atom. The molecule has 0 unspecified atom stereocenters. The van der Waals surface area contributed by atoms with Crippen LogP contribution < -0.4 is 15.0 Å². The first-order valence-electron chi connectivity index (χ1n) is 10.5. The number of benzene rings is 2. The summed E-state index contributed by atoms with van der Waals surface area (Å²) in [6, 6.07) is 16.5. The highest BCUT2D eigenvalue weighted by Gasteiger charge is 2.20. The van der Waals surface area contributed by atoms with Crippen molar-refractivity contribution in [3.05, 3.63) is 54.9 Å². The molecule has 31 heavy (non-hydrogen) atoms. The molecule has 1 N–H and O–H groups in total. The molecule has 0 spiro atoms. The summed E-state index contributed by atoms with van der Waals surface area (Å²) < 4.78 is 7.57. The average molecular weight is 534 g/mol. The molecule has 0 bridgehead atoms. The third kappa shape index (κ3) is 5.61. The zero-order valence-corrected chi connectivity index (χ0v) is 20.5. The fourth-order valence-corrected chi connectivity index (χ4v) is 3.95. The lowest BCUT2D eigenvalue weighted by atomic mass is 10.2. The molecule has 2 aromatic carbocycles. The van der Waals surface area contributed by atoms with Crippen molar-refractivity contribution in [3.63, 3.8) is 0 Å². The van der Waals surface area contributed by atoms with Gasteiger partial charge in [0.05, 0.1) is 24.5 Å². The van der Waals surface area contributed by atoms with Crippen molar-refractivity contribution in [3.8, 4) is 5.75 Å². The Morgan fingerprint density at radius 2 is 1.90 bits per heavy atom. The van der Waals surface area contributed by atoms with Gasteiger partial charge in [-0.05, 0) is 30.7 Å². The van der Waals surface area contributed by atoms with Crippen LogP contribution in [0.25, 0.3) is 11.0 Å². The number of methoxy groups -OCH3 is 1. The van der Waals surface area contributed by atoms with Gasteiger partial charge in [0.15, 0.2) is 5.96 Å². The number of hydrogen-bond acceptors (Lipinski definition) is 4. The SMILES string of the molecule is CN=C(NCCCn1cnc2ccccc21)N1CCN(c2cccc(OC)c2)CC1.I. The number of nitrogens with one attached hydrogen (secondary N) is 1. The smallest absolute Gasteiger partial charge is 0.193 e. The fraction of sp³-hybridized carbons (Fsp3) is 0.391. The van der Waals surface area contributed by atoms with Gasteiger partial charge in [-0.1, -0.05) is 18.2 Å². The van der Waals surface area contributed by atoms with Crippen LogP contribution in [0.2, 0.25) is 0 Å². The molecule has 0 saturated carbocycles. The molecule has 166 valence electrons. The highest BCUT2D eigenvalue weighted by molar-refractivity contribution is 14.0. The first-order chi connectivity index (χ1) is 14.8. The highest BCUT2D eigenvalue weighted by atomic mass is 127. The lowest BCUT2D eigenvalue weighted by Gasteiger charge is -2.37. The first kappa shape index (κ1) is 23.2. The molecular weight excluding hydrogens is 503 g/mol. The molecular formula is C23H31IN6O. The van der Waals surface area contributed by atoms with Crippen LogP contribution in [0.3, 0.4) is 0 Å². The van der Waals surface area contributed by atoms with Gasteiger partial charge in [0.2, 0.25) is 0 Å². The molecule has 1 saturated heterocycles. The van der Waals surface area contributed by atoms with Gasteiger partial charge >= 0.3 is 0 Å². The van der Waals surface area contributed by atoms with Gasteiger partial charge in [-0.2, -0.15) is 0 Å². The number of aliphatic imine (C=N–C) groups is 1. The summed E-state index contributed by atoms with van der Waals surface area (Å²) in [6.07, 6.45) is 2.94. The highest BCUT2D eigenvalue weighted by Crippen LogP contribution is 2.22. The van der Waals surface area contributed by atoms with E-state index in [2.05, 4.69) is 60.0 Å². The zero-order valence-electron chi connectivity index (χ0n) is 18.2. The number of guanidine groups is 1. The molecule has 0 aliphatic carbocycles. The summed E-state index contributed by atoms with van der Waals surface area (Å²) in [4.78, 5) is 13.7. The Kier molecular flexibility index (Phi) is 8.39. The third-order valence-corrected chi connectivity index (χ3v) is 5.60. The quantitative estimate of drug-likeness (QED) is 0.227. The number of nitrogens with zero attached hydrogens (tertiary/aromatic N) is 5. The summed E-state index contributed by atoms with van der Waals surface area (Å²) in [5, 5.41) is 3.53. The van der Waals surface area contributed by atoms with Crippen LogP contribution in [-0.2, 0) is 6.54 Å². The number of halogens is 1. The lowest BCUT2D eigenvalue weighted by Crippen LogP contribution is -2.52. The Balaban J connectivity index is 0.00000272. The second-order valence-corrected chi connectivity index (χ2v) is 7.43. The number of imidazole rings is 1. The molecule has 1 aliphatic rings. The van der Waals surface area contributed by atoms with Gasteiger partial charge in [0.25, 0.3) is 0 Å². The number of ether oxygens (including phenoxy) is 1. The van der Waals surface area contributed by atoms with E-state index >= 15 is 0 Å². The fourth-order valence-electron chi connectivity index (χ4n) is 3.95. The summed E-state index contributed by atoms with van der Waals surface area (Å²) in [6.45, 7) is 5.65. The molecule has 0 atom stereocenters. The van der Waals surface area contributed by atoms with Crippen LogP contribution in [0.1, 0.15) is 6.42 Å². The molecule has 2 heterocycles. The number of piperazine rings is 1. The largest absolute Gasteiger partial charge is 0.497 e. The van der Waals surface area contributed by atoms with Crippen LogP contribution in [0.4, 0.5) is 5.69 Å². The maximum atomic E-state index is 5.36. The summed E-state index contributed by atoms with van der Waals surface area (Å²) >= 11 is 0. The predicted octanol–water partition coefficient (Wildman–Crippen LogP) is 3.45. The molecule has 7 nitrogen and oxygen atoms in total. The number of para-hydroxylation sites is 2. The standard InChI is InChI=1S/C23H30N6O.HI/c1-24-23(25-11-6-12-29-18-26-21-9-3-4-10-22(21)29)28-15-13-27(14-16-28)19-7-5-8-20(17-19)30-2;/h3-5,7-10,17-18H,6,11-16H2,1-2H3,(H,24,25);1H. The molecule has 0 amide bonds. The average Bonchev–Trinajstić information content (AvgIpc) is 3.22. The van der Waals surface area contributed by atoms with Gasteiger partial charge in [0, 0.05) is 58.1 Å². The molecule has 1 aromatic heterocycles. The number of aryl methyl sites for hydroxylation is 1. The van der Waals surface area contributed by atoms with Crippen molar-refractivity contribution in [1.29, 1.82) is 0 Å². The summed E-state index contributed by atoms with van der Waals surface area (Å²) in [5.74, 6) is 1.88. The molecule has 8 heteroatoms. The molecule has 4 rings (SSSR count). The van der Waals surface area contributed by atoms with E-state index in [9.17, 15) is 0 Å². The van der Waals surface area contributed by atoms with Crippen LogP contribution in [-0.4, -0.2) is 67.3 Å². The monoisotopic (exact) mass is 534 g/mol. The minimum atomic E-state index is 0. The minimum absolute atomic E-state index is 0. The van der Waals surface area contributed by atoms with Gasteiger partial charge in [-0.3, -0.25) is 4.99 Å². The van der Waals surface area contributed by atoms with E-state index in [0.717, 1.165) is 62.9 Å². The normalized spacial score (nSPS) is 14.5. The first-order valence-corrected chi connectivity index (χ1v) is 10.5. The molecule has 0 radical (unpaired) electrons. The topological polar surface area (TPSA) is 57.9 Å². The van der Waals surface area contributed by atoms with E-state index in [0.29, 0.717) is 0 Å². The minimum Gasteiger partial charge on any atom is -0.497 e. The second kappa shape index (κ2) is 11.2. The summed E-state index contributed by atoms with van der Waals surface area (Å²) in [7, 11) is 3.57. The number of rotatable bonds is 6. The van der Waals surface area contributed by atoms with Crippen molar-refractivity contribution in [1.82, 2.24) is 19.8 Å². The van der Waals surface area contributed by atoms with E-state index in [-0.39, 0.29) is 24.0 Å². The number of hydrogen-bond donors (Lipinski definition) is 1. The van der Waals surface area contributed by atoms with E-state index in [1.807, 2.05) is 31.6 Å². The Labute approximate surface area is 201 Å². The van der Waals surface area contributed by atoms with E-state index in [4.69, 9.17) is 4.74 Å². The van der Waals surface area contributed by atoms with Crippen molar-refractivity contribution in [2.45, 2.75) is 13.0 Å². The molecule has 1 aliphatic heterocycles. The van der Waals surface area contributed by atoms with Crippen molar-refractivity contribution in [2.75, 3.05) is 51.8 Å². The van der Waals surface area contributed by atoms with Crippen LogP contribution in [0, 0.1) is 0 Å². The Morgan fingerprint density at radius 3 is 2.68 bits per heavy atom. The van der Waals surface area contributed by atoms with E-state index < -0.39 is 0 Å². The number of anilines is 1. The predicted molar refractivity (Wildman–Crippen MR) is 138 cm³/mol. The van der Waals surface area contributed by atoms with Gasteiger partial charge < -0.3 is 24.4 Å². The van der Waals surface area contributed by atoms with Crippen LogP contribution in [0.15, 0.2) is 59.9 Å². The van der Waals surface area contributed by atoms with Gasteiger partial charge in [0.1, 0.15) is 5.75 Å². The second-order valence-electron chi connectivity index (χ2n) is 7.43. The van der Waals surface area contributed by atoms with E-state index in [1.54, 1.807) is 7.11 Å². The van der Waals surface area contributed by atoms with Gasteiger partial charge in [-0.25, -0.2) is 4.98 Å². The van der Waals surface area contributed by atoms with Crippen molar-refractivity contribution < 1.29 is 4.74 Å². The van der Waals surface area contributed by atoms with Crippen LogP contribution in [0.5, 0.6) is 5.75 Å². The summed E-state index contributed by atoms with van der Waals surface area (Å²) in [5.41, 5.74) is 3.45. The number of aromatic nitrogens is 2. The maximum absolute atomic E-state index is 5.36.